The van der Waals surface area contributed by atoms with Crippen LogP contribution in [0.3, 0.4) is 0 Å². The molecule has 0 spiro atoms. The molecule has 2 saturated heterocycles. The van der Waals surface area contributed by atoms with Gasteiger partial charge in [0.2, 0.25) is 0 Å². The summed E-state index contributed by atoms with van der Waals surface area (Å²) in [4.78, 5) is 24.5. The van der Waals surface area contributed by atoms with Gasteiger partial charge in [-0.25, -0.2) is 9.97 Å². The number of nitrogens with zero attached hydrogens (tertiary/aromatic N) is 5. The Morgan fingerprint density at radius 1 is 0.609 bits per heavy atom. The van der Waals surface area contributed by atoms with Crippen LogP contribution in [0.1, 0.15) is 35.8 Å². The second kappa shape index (κ2) is 12.9. The van der Waals surface area contributed by atoms with Gasteiger partial charge in [0.1, 0.15) is 17.8 Å². The molecule has 0 radical (unpaired) electrons. The van der Waals surface area contributed by atoms with Crippen LogP contribution in [0.25, 0.3) is 21.5 Å². The van der Waals surface area contributed by atoms with Crippen molar-refractivity contribution in [3.05, 3.63) is 143 Å². The summed E-state index contributed by atoms with van der Waals surface area (Å²) in [6.45, 7) is 3.86. The lowest BCUT2D eigenvalue weighted by Gasteiger charge is -2.20. The van der Waals surface area contributed by atoms with Gasteiger partial charge in [-0.2, -0.15) is 0 Å². The molecular formula is C38H36N6O2. The smallest absolute Gasteiger partial charge is 0.295 e. The number of rotatable bonds is 5. The second-order valence-corrected chi connectivity index (χ2v) is 12.0. The van der Waals surface area contributed by atoms with E-state index in [1.807, 2.05) is 30.3 Å². The minimum absolute atomic E-state index is 0.0631. The lowest BCUT2D eigenvalue weighted by atomic mass is 9.99. The Bertz CT molecular complexity index is 1980. The number of nitrogens with two attached hydrogens (primary N) is 1. The van der Waals surface area contributed by atoms with Crippen molar-refractivity contribution in [2.75, 3.05) is 41.7 Å². The average molecular weight is 609 g/mol. The third kappa shape index (κ3) is 5.81. The number of fused-ring (bicyclic) bond motifs is 2. The molecule has 0 aliphatic carbocycles. The molecule has 8 nitrogen and oxygen atoms in total. The molecule has 0 amide bonds. The molecule has 0 saturated carbocycles. The molecule has 0 unspecified atom stereocenters. The van der Waals surface area contributed by atoms with Crippen LogP contribution in [-0.4, -0.2) is 41.1 Å². The van der Waals surface area contributed by atoms with Crippen molar-refractivity contribution >= 4 is 44.6 Å². The van der Waals surface area contributed by atoms with E-state index in [1.165, 1.54) is 23.7 Å². The summed E-state index contributed by atoms with van der Waals surface area (Å²) in [6.07, 6.45) is 5.41. The minimum Gasteiger partial charge on any atom is -0.397 e. The van der Waals surface area contributed by atoms with Crippen LogP contribution in [0, 0.1) is 10.1 Å². The Balaban J connectivity index is 0.000000147. The molecule has 2 aliphatic heterocycles. The SMILES string of the molecule is Nc1cnc(N2CC[C@@H](c3ccccc3)C2)c2ccccc12.O=[N+]([O-])c1cnc(N2CC[C@@H](c3ccccc3)C2)c2ccccc12. The quantitative estimate of drug-likeness (QED) is 0.157. The molecule has 2 atom stereocenters. The first-order valence-electron chi connectivity index (χ1n) is 15.8. The lowest BCUT2D eigenvalue weighted by Crippen LogP contribution is -2.20. The fourth-order valence-corrected chi connectivity index (χ4v) is 6.91. The Morgan fingerprint density at radius 3 is 1.57 bits per heavy atom. The largest absolute Gasteiger partial charge is 0.397 e. The summed E-state index contributed by atoms with van der Waals surface area (Å²) in [6, 6.07) is 37.0. The molecule has 4 heterocycles. The summed E-state index contributed by atoms with van der Waals surface area (Å²) in [5, 5.41) is 15.0. The van der Waals surface area contributed by atoms with Crippen LogP contribution >= 0.6 is 0 Å². The topological polar surface area (TPSA) is 101 Å². The van der Waals surface area contributed by atoms with E-state index in [0.29, 0.717) is 17.2 Å². The highest BCUT2D eigenvalue weighted by molar-refractivity contribution is 5.99. The van der Waals surface area contributed by atoms with Gasteiger partial charge in [-0.1, -0.05) is 103 Å². The Hall–Kier alpha value is -5.50. The second-order valence-electron chi connectivity index (χ2n) is 12.0. The fourth-order valence-electron chi connectivity index (χ4n) is 6.91. The highest BCUT2D eigenvalue weighted by atomic mass is 16.6. The van der Waals surface area contributed by atoms with Crippen molar-refractivity contribution in [3.8, 4) is 0 Å². The van der Waals surface area contributed by atoms with Gasteiger partial charge in [0.25, 0.3) is 5.69 Å². The van der Waals surface area contributed by atoms with Gasteiger partial charge in [-0.05, 0) is 30.0 Å². The number of aromatic nitrogens is 2. The van der Waals surface area contributed by atoms with E-state index in [4.69, 9.17) is 5.73 Å². The highest BCUT2D eigenvalue weighted by Crippen LogP contribution is 2.37. The number of pyridine rings is 2. The van der Waals surface area contributed by atoms with Crippen molar-refractivity contribution in [1.82, 2.24) is 9.97 Å². The first kappa shape index (κ1) is 29.2. The molecule has 2 N–H and O–H groups in total. The number of nitro groups is 1. The van der Waals surface area contributed by atoms with E-state index in [2.05, 4.69) is 92.6 Å². The molecule has 46 heavy (non-hydrogen) atoms. The van der Waals surface area contributed by atoms with E-state index in [1.54, 1.807) is 12.3 Å². The summed E-state index contributed by atoms with van der Waals surface area (Å²) >= 11 is 0. The molecular weight excluding hydrogens is 572 g/mol. The predicted molar refractivity (Wildman–Crippen MR) is 187 cm³/mol. The summed E-state index contributed by atoms with van der Waals surface area (Å²) in [5.74, 6) is 2.96. The molecule has 8 heteroatoms. The van der Waals surface area contributed by atoms with Crippen molar-refractivity contribution in [2.24, 2.45) is 0 Å². The maximum absolute atomic E-state index is 11.2. The zero-order valence-corrected chi connectivity index (χ0v) is 25.6. The maximum atomic E-state index is 11.2. The third-order valence-corrected chi connectivity index (χ3v) is 9.27. The average Bonchev–Trinajstić information content (AvgIpc) is 3.80. The number of hydrogen-bond donors (Lipinski definition) is 1. The minimum atomic E-state index is -0.365. The van der Waals surface area contributed by atoms with Crippen molar-refractivity contribution in [1.29, 1.82) is 0 Å². The van der Waals surface area contributed by atoms with Crippen LogP contribution in [-0.2, 0) is 0 Å². The predicted octanol–water partition coefficient (Wildman–Crippen LogP) is 7.95. The molecule has 6 aromatic rings. The normalized spacial score (nSPS) is 17.7. The lowest BCUT2D eigenvalue weighted by molar-refractivity contribution is -0.383. The van der Waals surface area contributed by atoms with Crippen LogP contribution in [0.4, 0.5) is 23.0 Å². The van der Waals surface area contributed by atoms with Gasteiger partial charge in [0.05, 0.1) is 22.2 Å². The third-order valence-electron chi connectivity index (χ3n) is 9.27. The summed E-state index contributed by atoms with van der Waals surface area (Å²) in [5.41, 5.74) is 9.63. The van der Waals surface area contributed by atoms with Crippen molar-refractivity contribution in [2.45, 2.75) is 24.7 Å². The molecule has 8 rings (SSSR count). The van der Waals surface area contributed by atoms with Gasteiger partial charge in [0, 0.05) is 54.2 Å². The Labute approximate surface area is 268 Å². The Kier molecular flexibility index (Phi) is 8.16. The van der Waals surface area contributed by atoms with E-state index < -0.39 is 0 Å². The van der Waals surface area contributed by atoms with E-state index >= 15 is 0 Å². The van der Waals surface area contributed by atoms with Crippen LogP contribution in [0.2, 0.25) is 0 Å². The van der Waals surface area contributed by atoms with E-state index in [0.717, 1.165) is 66.1 Å². The standard InChI is InChI=1S/C19H17N3O2.C19H19N3/c23-22(24)18-12-20-19(17-9-5-4-8-16(17)18)21-11-10-15(13-21)14-6-2-1-3-7-14;20-18-12-21-19(17-9-5-4-8-16(17)18)22-11-10-15(13-22)14-6-2-1-3-7-14/h1-9,12,15H,10-11,13H2;1-9,12,15H,10-11,13,20H2/t2*15-/m11/s1. The summed E-state index contributed by atoms with van der Waals surface area (Å²) < 4.78 is 0. The molecule has 4 aromatic carbocycles. The zero-order chi connectivity index (χ0) is 31.5. The van der Waals surface area contributed by atoms with E-state index in [-0.39, 0.29) is 10.6 Å². The monoisotopic (exact) mass is 608 g/mol. The number of nitrogen functional groups attached to an aromatic ring is 1. The number of hydrogen-bond acceptors (Lipinski definition) is 7. The van der Waals surface area contributed by atoms with Gasteiger partial charge >= 0.3 is 0 Å². The molecule has 2 aliphatic rings. The number of benzene rings is 4. The molecule has 230 valence electrons. The molecule has 2 aromatic heterocycles. The van der Waals surface area contributed by atoms with Gasteiger partial charge in [0.15, 0.2) is 0 Å². The van der Waals surface area contributed by atoms with Crippen LogP contribution < -0.4 is 15.5 Å². The fraction of sp³-hybridized carbons (Fsp3) is 0.211. The first-order chi connectivity index (χ1) is 22.6. The van der Waals surface area contributed by atoms with Gasteiger partial charge in [-0.15, -0.1) is 0 Å². The van der Waals surface area contributed by atoms with Crippen LogP contribution in [0.15, 0.2) is 122 Å². The first-order valence-corrected chi connectivity index (χ1v) is 15.8. The van der Waals surface area contributed by atoms with Gasteiger partial charge < -0.3 is 15.5 Å². The van der Waals surface area contributed by atoms with E-state index in [9.17, 15) is 10.1 Å². The molecule has 2 fully saturated rings. The molecule has 0 bridgehead atoms. The maximum Gasteiger partial charge on any atom is 0.295 e. The van der Waals surface area contributed by atoms with Crippen molar-refractivity contribution in [3.63, 3.8) is 0 Å². The van der Waals surface area contributed by atoms with Crippen LogP contribution in [0.5, 0.6) is 0 Å². The zero-order valence-electron chi connectivity index (χ0n) is 25.6. The number of anilines is 3. The highest BCUT2D eigenvalue weighted by Gasteiger charge is 2.28. The summed E-state index contributed by atoms with van der Waals surface area (Å²) in [7, 11) is 0. The Morgan fingerprint density at radius 2 is 1.04 bits per heavy atom. The van der Waals surface area contributed by atoms with Crippen molar-refractivity contribution < 1.29 is 4.92 Å². The van der Waals surface area contributed by atoms with Gasteiger partial charge in [-0.3, -0.25) is 10.1 Å².